The number of morpholine rings is 1. The first-order valence-corrected chi connectivity index (χ1v) is 11.2. The summed E-state index contributed by atoms with van der Waals surface area (Å²) in [6.07, 6.45) is 0.698. The second kappa shape index (κ2) is 9.68. The SMILES string of the molecule is Cc1c(C(=O)N(CCCN2CCOCC2)c2nc3ccc(F)cc3s2)cccc1[N+](=O)[O-]. The van der Waals surface area contributed by atoms with Crippen LogP contribution >= 0.6 is 11.3 Å². The molecule has 0 bridgehead atoms. The average Bonchev–Trinajstić information content (AvgIpc) is 3.19. The van der Waals surface area contributed by atoms with Crippen molar-refractivity contribution in [1.82, 2.24) is 9.88 Å². The summed E-state index contributed by atoms with van der Waals surface area (Å²) in [4.78, 5) is 32.8. The van der Waals surface area contributed by atoms with Gasteiger partial charge in [0.15, 0.2) is 5.13 Å². The molecule has 2 heterocycles. The van der Waals surface area contributed by atoms with Crippen molar-refractivity contribution in [3.05, 3.63) is 63.5 Å². The lowest BCUT2D eigenvalue weighted by molar-refractivity contribution is -0.385. The molecule has 0 radical (unpaired) electrons. The van der Waals surface area contributed by atoms with Gasteiger partial charge < -0.3 is 4.74 Å². The lowest BCUT2D eigenvalue weighted by Crippen LogP contribution is -2.39. The van der Waals surface area contributed by atoms with E-state index in [1.807, 2.05) is 0 Å². The molecule has 1 fully saturated rings. The molecule has 1 aliphatic heterocycles. The van der Waals surface area contributed by atoms with Gasteiger partial charge in [0, 0.05) is 43.4 Å². The third-order valence-corrected chi connectivity index (χ3v) is 6.55. The third-order valence-electron chi connectivity index (χ3n) is 5.51. The number of halogens is 1. The molecule has 2 aromatic carbocycles. The summed E-state index contributed by atoms with van der Waals surface area (Å²) >= 11 is 1.23. The van der Waals surface area contributed by atoms with Crippen molar-refractivity contribution in [1.29, 1.82) is 0 Å². The standard InChI is InChI=1S/C22H23FN4O4S/c1-15-17(4-2-5-19(15)27(29)30)21(28)26(9-3-8-25-10-12-31-13-11-25)22-24-18-7-6-16(23)14-20(18)32-22/h2,4-7,14H,3,8-13H2,1H3. The first-order valence-electron chi connectivity index (χ1n) is 10.4. The summed E-state index contributed by atoms with van der Waals surface area (Å²) in [7, 11) is 0. The van der Waals surface area contributed by atoms with Crippen molar-refractivity contribution >= 4 is 38.3 Å². The van der Waals surface area contributed by atoms with Crippen LogP contribution in [-0.4, -0.2) is 60.1 Å². The number of carbonyl (C=O) groups excluding carboxylic acids is 1. The number of benzene rings is 2. The summed E-state index contributed by atoms with van der Waals surface area (Å²) in [5.74, 6) is -0.722. The number of carbonyl (C=O) groups is 1. The zero-order valence-electron chi connectivity index (χ0n) is 17.6. The highest BCUT2D eigenvalue weighted by Crippen LogP contribution is 2.31. The Morgan fingerprint density at radius 3 is 2.84 bits per heavy atom. The summed E-state index contributed by atoms with van der Waals surface area (Å²) in [5, 5.41) is 11.8. The van der Waals surface area contributed by atoms with Crippen LogP contribution in [0.2, 0.25) is 0 Å². The number of hydrogen-bond acceptors (Lipinski definition) is 7. The zero-order valence-corrected chi connectivity index (χ0v) is 18.4. The zero-order chi connectivity index (χ0) is 22.7. The van der Waals surface area contributed by atoms with Crippen molar-refractivity contribution in [2.24, 2.45) is 0 Å². The number of amides is 1. The molecule has 0 N–H and O–H groups in total. The summed E-state index contributed by atoms with van der Waals surface area (Å²) in [6, 6.07) is 8.80. The average molecular weight is 459 g/mol. The van der Waals surface area contributed by atoms with E-state index in [-0.39, 0.29) is 23.0 Å². The van der Waals surface area contributed by atoms with Crippen LogP contribution in [-0.2, 0) is 4.74 Å². The maximum Gasteiger partial charge on any atom is 0.273 e. The number of nitrogens with zero attached hydrogens (tertiary/aromatic N) is 4. The maximum absolute atomic E-state index is 13.7. The molecule has 1 saturated heterocycles. The molecule has 168 valence electrons. The van der Waals surface area contributed by atoms with Gasteiger partial charge in [-0.3, -0.25) is 24.7 Å². The van der Waals surface area contributed by atoms with E-state index in [2.05, 4.69) is 9.88 Å². The smallest absolute Gasteiger partial charge is 0.273 e. The van der Waals surface area contributed by atoms with E-state index in [0.29, 0.717) is 47.1 Å². The minimum atomic E-state index is -0.491. The van der Waals surface area contributed by atoms with Gasteiger partial charge in [0.05, 0.1) is 28.4 Å². The van der Waals surface area contributed by atoms with Crippen molar-refractivity contribution < 1.29 is 18.8 Å². The van der Waals surface area contributed by atoms with Crippen LogP contribution in [0.4, 0.5) is 15.2 Å². The largest absolute Gasteiger partial charge is 0.379 e. The lowest BCUT2D eigenvalue weighted by Gasteiger charge is -2.28. The number of ether oxygens (including phenoxy) is 1. The Kier molecular flexibility index (Phi) is 6.73. The Labute approximate surface area is 188 Å². The van der Waals surface area contributed by atoms with E-state index in [0.717, 1.165) is 19.6 Å². The predicted octanol–water partition coefficient (Wildman–Crippen LogP) is 4.02. The first kappa shape index (κ1) is 22.3. The lowest BCUT2D eigenvalue weighted by atomic mass is 10.1. The molecule has 0 atom stereocenters. The Morgan fingerprint density at radius 1 is 1.31 bits per heavy atom. The van der Waals surface area contributed by atoms with E-state index in [9.17, 15) is 19.3 Å². The van der Waals surface area contributed by atoms with Crippen LogP contribution < -0.4 is 4.90 Å². The van der Waals surface area contributed by atoms with Gasteiger partial charge in [-0.05, 0) is 37.6 Å². The molecule has 0 spiro atoms. The molecule has 1 aliphatic rings. The number of hydrogen-bond donors (Lipinski definition) is 0. The fourth-order valence-corrected chi connectivity index (χ4v) is 4.78. The van der Waals surface area contributed by atoms with Crippen molar-refractivity contribution in [3.8, 4) is 0 Å². The second-order valence-electron chi connectivity index (χ2n) is 7.58. The van der Waals surface area contributed by atoms with Crippen molar-refractivity contribution in [2.45, 2.75) is 13.3 Å². The maximum atomic E-state index is 13.7. The highest BCUT2D eigenvalue weighted by molar-refractivity contribution is 7.22. The van der Waals surface area contributed by atoms with E-state index in [1.54, 1.807) is 24.0 Å². The molecule has 32 heavy (non-hydrogen) atoms. The quantitative estimate of drug-likeness (QED) is 0.392. The van der Waals surface area contributed by atoms with E-state index in [4.69, 9.17) is 4.74 Å². The Bertz CT molecular complexity index is 1150. The van der Waals surface area contributed by atoms with E-state index in [1.165, 1.54) is 35.6 Å². The Balaban J connectivity index is 1.63. The number of rotatable bonds is 7. The molecule has 1 amide bonds. The van der Waals surface area contributed by atoms with Crippen LogP contribution in [0.15, 0.2) is 36.4 Å². The summed E-state index contributed by atoms with van der Waals surface area (Å²) in [5.41, 5.74) is 1.08. The third kappa shape index (κ3) is 4.77. The van der Waals surface area contributed by atoms with Gasteiger partial charge in [-0.2, -0.15) is 0 Å². The van der Waals surface area contributed by atoms with Crippen LogP contribution in [0.5, 0.6) is 0 Å². The fourth-order valence-electron chi connectivity index (χ4n) is 3.76. The Hall–Kier alpha value is -2.95. The molecule has 10 heteroatoms. The minimum absolute atomic E-state index is 0.101. The summed E-state index contributed by atoms with van der Waals surface area (Å²) in [6.45, 7) is 5.83. The highest BCUT2D eigenvalue weighted by Gasteiger charge is 2.26. The molecule has 8 nitrogen and oxygen atoms in total. The van der Waals surface area contributed by atoms with Gasteiger partial charge in [-0.1, -0.05) is 17.4 Å². The van der Waals surface area contributed by atoms with Crippen LogP contribution in [0.25, 0.3) is 10.2 Å². The second-order valence-corrected chi connectivity index (χ2v) is 8.59. The number of nitro groups is 1. The van der Waals surface area contributed by atoms with Gasteiger partial charge in [0.25, 0.3) is 11.6 Å². The number of nitro benzene ring substituents is 1. The molecule has 0 saturated carbocycles. The molecular weight excluding hydrogens is 435 g/mol. The molecule has 1 aromatic heterocycles. The first-order chi connectivity index (χ1) is 15.4. The van der Waals surface area contributed by atoms with Gasteiger partial charge in [0.1, 0.15) is 5.82 Å². The van der Waals surface area contributed by atoms with Crippen molar-refractivity contribution in [2.75, 3.05) is 44.3 Å². The fraction of sp³-hybridized carbons (Fsp3) is 0.364. The monoisotopic (exact) mass is 458 g/mol. The predicted molar refractivity (Wildman–Crippen MR) is 121 cm³/mol. The number of anilines is 1. The van der Waals surface area contributed by atoms with E-state index >= 15 is 0 Å². The topological polar surface area (TPSA) is 88.8 Å². The molecule has 0 unspecified atom stereocenters. The molecule has 3 aromatic rings. The molecule has 4 rings (SSSR count). The minimum Gasteiger partial charge on any atom is -0.379 e. The van der Waals surface area contributed by atoms with Gasteiger partial charge >= 0.3 is 0 Å². The normalized spacial score (nSPS) is 14.6. The van der Waals surface area contributed by atoms with Crippen LogP contribution in [0.1, 0.15) is 22.3 Å². The number of fused-ring (bicyclic) bond motifs is 1. The number of aromatic nitrogens is 1. The number of thiazole rings is 1. The molecular formula is C22H23FN4O4S. The van der Waals surface area contributed by atoms with Gasteiger partial charge in [0.2, 0.25) is 0 Å². The van der Waals surface area contributed by atoms with Gasteiger partial charge in [-0.15, -0.1) is 0 Å². The van der Waals surface area contributed by atoms with Gasteiger partial charge in [-0.25, -0.2) is 9.37 Å². The highest BCUT2D eigenvalue weighted by atomic mass is 32.1. The Morgan fingerprint density at radius 2 is 2.09 bits per heavy atom. The summed E-state index contributed by atoms with van der Waals surface area (Å²) < 4.78 is 19.7. The van der Waals surface area contributed by atoms with Crippen molar-refractivity contribution in [3.63, 3.8) is 0 Å². The molecule has 0 aliphatic carbocycles. The van der Waals surface area contributed by atoms with E-state index < -0.39 is 4.92 Å². The van der Waals surface area contributed by atoms with Crippen LogP contribution in [0.3, 0.4) is 0 Å². The van der Waals surface area contributed by atoms with Crippen LogP contribution in [0, 0.1) is 22.9 Å².